The zero-order valence-electron chi connectivity index (χ0n) is 11.9. The quantitative estimate of drug-likeness (QED) is 0.900. The largest absolute Gasteiger partial charge is 0.342 e. The van der Waals surface area contributed by atoms with Crippen LogP contribution in [0.15, 0.2) is 22.7 Å². The molecule has 1 aromatic carbocycles. The van der Waals surface area contributed by atoms with Gasteiger partial charge in [-0.1, -0.05) is 22.0 Å². The molecule has 114 valence electrons. The van der Waals surface area contributed by atoms with Crippen molar-refractivity contribution in [1.82, 2.24) is 10.2 Å². The van der Waals surface area contributed by atoms with Crippen LogP contribution in [0, 0.1) is 11.7 Å². The maximum atomic E-state index is 13.0. The van der Waals surface area contributed by atoms with Gasteiger partial charge in [-0.3, -0.25) is 4.79 Å². The van der Waals surface area contributed by atoms with Gasteiger partial charge in [-0.05, 0) is 43.4 Å². The summed E-state index contributed by atoms with van der Waals surface area (Å²) in [6.45, 7) is 2.44. The second-order valence-corrected chi connectivity index (χ2v) is 6.84. The van der Waals surface area contributed by atoms with Crippen molar-refractivity contribution >= 4 is 21.8 Å². The standard InChI is InChI=1S/C16H20BrFN2O/c17-15-9-13(18)4-3-12(15)10-19-14-5-7-20(8-6-14)16(21)11-1-2-11/h3-4,9,11,14,19H,1-2,5-8,10H2. The lowest BCUT2D eigenvalue weighted by molar-refractivity contribution is -0.133. The van der Waals surface area contributed by atoms with Gasteiger partial charge in [-0.25, -0.2) is 4.39 Å². The summed E-state index contributed by atoms with van der Waals surface area (Å²) in [4.78, 5) is 14.0. The summed E-state index contributed by atoms with van der Waals surface area (Å²) in [7, 11) is 0. The fraction of sp³-hybridized carbons (Fsp3) is 0.562. The van der Waals surface area contributed by atoms with Gasteiger partial charge < -0.3 is 10.2 Å². The average molecular weight is 355 g/mol. The lowest BCUT2D eigenvalue weighted by Crippen LogP contribution is -2.45. The monoisotopic (exact) mass is 354 g/mol. The third-order valence-corrected chi connectivity index (χ3v) is 5.07. The van der Waals surface area contributed by atoms with Crippen molar-refractivity contribution in [2.75, 3.05) is 13.1 Å². The first-order valence-corrected chi connectivity index (χ1v) is 8.39. The smallest absolute Gasteiger partial charge is 0.225 e. The van der Waals surface area contributed by atoms with Gasteiger partial charge in [0.2, 0.25) is 5.91 Å². The maximum absolute atomic E-state index is 13.0. The number of hydrogen-bond acceptors (Lipinski definition) is 2. The number of carbonyl (C=O) groups is 1. The third kappa shape index (κ3) is 3.83. The Morgan fingerprint density at radius 2 is 2.00 bits per heavy atom. The molecule has 0 spiro atoms. The predicted octanol–water partition coefficient (Wildman–Crippen LogP) is 3.08. The zero-order valence-corrected chi connectivity index (χ0v) is 13.5. The Bertz CT molecular complexity index is 525. The van der Waals surface area contributed by atoms with Crippen LogP contribution < -0.4 is 5.32 Å². The Morgan fingerprint density at radius 1 is 1.29 bits per heavy atom. The van der Waals surface area contributed by atoms with E-state index in [1.165, 1.54) is 12.1 Å². The predicted molar refractivity (Wildman–Crippen MR) is 83.3 cm³/mol. The summed E-state index contributed by atoms with van der Waals surface area (Å²) < 4.78 is 13.8. The van der Waals surface area contributed by atoms with Crippen LogP contribution in [0.3, 0.4) is 0 Å². The van der Waals surface area contributed by atoms with Crippen molar-refractivity contribution in [2.45, 2.75) is 38.3 Å². The molecule has 1 aliphatic heterocycles. The van der Waals surface area contributed by atoms with Crippen LogP contribution in [0.4, 0.5) is 4.39 Å². The van der Waals surface area contributed by atoms with Crippen molar-refractivity contribution in [1.29, 1.82) is 0 Å². The van der Waals surface area contributed by atoms with Gasteiger partial charge in [-0.15, -0.1) is 0 Å². The molecular formula is C16H20BrFN2O. The molecule has 0 bridgehead atoms. The number of likely N-dealkylation sites (tertiary alicyclic amines) is 1. The molecule has 0 atom stereocenters. The fourth-order valence-corrected chi connectivity index (χ4v) is 3.30. The normalized spacial score (nSPS) is 19.8. The van der Waals surface area contributed by atoms with E-state index >= 15 is 0 Å². The van der Waals surface area contributed by atoms with Crippen LogP contribution in [0.25, 0.3) is 0 Å². The molecule has 0 radical (unpaired) electrons. The number of nitrogens with one attached hydrogen (secondary N) is 1. The van der Waals surface area contributed by atoms with Crippen LogP contribution in [0.5, 0.6) is 0 Å². The minimum absolute atomic E-state index is 0.225. The topological polar surface area (TPSA) is 32.3 Å². The van der Waals surface area contributed by atoms with Crippen molar-refractivity contribution < 1.29 is 9.18 Å². The Balaban J connectivity index is 1.45. The molecule has 3 rings (SSSR count). The van der Waals surface area contributed by atoms with E-state index in [9.17, 15) is 9.18 Å². The summed E-state index contributed by atoms with van der Waals surface area (Å²) in [6, 6.07) is 5.22. The highest BCUT2D eigenvalue weighted by atomic mass is 79.9. The molecule has 1 N–H and O–H groups in total. The average Bonchev–Trinajstić information content (AvgIpc) is 3.31. The summed E-state index contributed by atoms with van der Waals surface area (Å²) in [5, 5.41) is 3.51. The van der Waals surface area contributed by atoms with Gasteiger partial charge >= 0.3 is 0 Å². The van der Waals surface area contributed by atoms with Gasteiger partial charge in [0.1, 0.15) is 5.82 Å². The van der Waals surface area contributed by atoms with Gasteiger partial charge in [0.05, 0.1) is 0 Å². The Labute approximate surface area is 133 Å². The van der Waals surface area contributed by atoms with E-state index in [2.05, 4.69) is 21.2 Å². The fourth-order valence-electron chi connectivity index (χ4n) is 2.81. The molecule has 3 nitrogen and oxygen atoms in total. The van der Waals surface area contributed by atoms with Crippen molar-refractivity contribution in [2.24, 2.45) is 5.92 Å². The summed E-state index contributed by atoms with van der Waals surface area (Å²) >= 11 is 3.39. The molecular weight excluding hydrogens is 335 g/mol. The zero-order chi connectivity index (χ0) is 14.8. The van der Waals surface area contributed by atoms with Crippen LogP contribution in [-0.2, 0) is 11.3 Å². The number of carbonyl (C=O) groups excluding carboxylic acids is 1. The maximum Gasteiger partial charge on any atom is 0.225 e. The van der Waals surface area contributed by atoms with Crippen molar-refractivity contribution in [3.05, 3.63) is 34.1 Å². The number of benzene rings is 1. The van der Waals surface area contributed by atoms with Crippen molar-refractivity contribution in [3.8, 4) is 0 Å². The minimum atomic E-state index is -0.225. The molecule has 1 saturated heterocycles. The van der Waals surface area contributed by atoms with E-state index in [1.807, 2.05) is 4.90 Å². The van der Waals surface area contributed by atoms with E-state index in [4.69, 9.17) is 0 Å². The highest BCUT2D eigenvalue weighted by Gasteiger charge is 2.34. The Morgan fingerprint density at radius 3 is 2.62 bits per heavy atom. The number of hydrogen-bond donors (Lipinski definition) is 1. The Kier molecular flexibility index (Phi) is 4.60. The molecule has 0 aromatic heterocycles. The van der Waals surface area contributed by atoms with E-state index in [0.717, 1.165) is 55.4 Å². The number of amides is 1. The molecule has 2 fully saturated rings. The first-order valence-electron chi connectivity index (χ1n) is 7.59. The van der Waals surface area contributed by atoms with Crippen LogP contribution >= 0.6 is 15.9 Å². The van der Waals surface area contributed by atoms with Crippen LogP contribution in [0.2, 0.25) is 0 Å². The molecule has 5 heteroatoms. The molecule has 1 amide bonds. The number of piperidine rings is 1. The molecule has 1 aliphatic carbocycles. The van der Waals surface area contributed by atoms with E-state index < -0.39 is 0 Å². The second-order valence-electron chi connectivity index (χ2n) is 5.99. The molecule has 1 aromatic rings. The van der Waals surface area contributed by atoms with Crippen LogP contribution in [-0.4, -0.2) is 29.9 Å². The van der Waals surface area contributed by atoms with Gasteiger partial charge in [0, 0.05) is 36.1 Å². The summed E-state index contributed by atoms with van der Waals surface area (Å²) in [5.41, 5.74) is 1.06. The van der Waals surface area contributed by atoms with Crippen LogP contribution in [0.1, 0.15) is 31.2 Å². The molecule has 1 saturated carbocycles. The number of rotatable bonds is 4. The molecule has 21 heavy (non-hydrogen) atoms. The highest BCUT2D eigenvalue weighted by molar-refractivity contribution is 9.10. The lowest BCUT2D eigenvalue weighted by Gasteiger charge is -2.32. The minimum Gasteiger partial charge on any atom is -0.342 e. The first-order chi connectivity index (χ1) is 10.1. The molecule has 2 aliphatic rings. The number of nitrogens with zero attached hydrogens (tertiary/aromatic N) is 1. The summed E-state index contributed by atoms with van der Waals surface area (Å²) in [5.74, 6) is 0.455. The van der Waals surface area contributed by atoms with Crippen molar-refractivity contribution in [3.63, 3.8) is 0 Å². The molecule has 0 unspecified atom stereocenters. The second kappa shape index (κ2) is 6.44. The first kappa shape index (κ1) is 15.0. The Hall–Kier alpha value is -0.940. The lowest BCUT2D eigenvalue weighted by atomic mass is 10.0. The summed E-state index contributed by atoms with van der Waals surface area (Å²) in [6.07, 6.45) is 4.15. The highest BCUT2D eigenvalue weighted by Crippen LogP contribution is 2.32. The van der Waals surface area contributed by atoms with Gasteiger partial charge in [0.15, 0.2) is 0 Å². The van der Waals surface area contributed by atoms with E-state index in [1.54, 1.807) is 6.07 Å². The van der Waals surface area contributed by atoms with E-state index in [-0.39, 0.29) is 5.82 Å². The number of halogens is 2. The van der Waals surface area contributed by atoms with Gasteiger partial charge in [-0.2, -0.15) is 0 Å². The van der Waals surface area contributed by atoms with E-state index in [0.29, 0.717) is 17.9 Å². The molecule has 1 heterocycles. The van der Waals surface area contributed by atoms with Gasteiger partial charge in [0.25, 0.3) is 0 Å². The third-order valence-electron chi connectivity index (χ3n) is 4.33. The SMILES string of the molecule is O=C(C1CC1)N1CCC(NCc2ccc(F)cc2Br)CC1.